The quantitative estimate of drug-likeness (QED) is 0.720. The minimum absolute atomic E-state index is 0.803. The largest absolute Gasteiger partial charge is 0.472 e. The van der Waals surface area contributed by atoms with E-state index < -0.39 is 0 Å². The summed E-state index contributed by atoms with van der Waals surface area (Å²) in [4.78, 5) is 0. The molecule has 0 unspecified atom stereocenters. The Hall–Kier alpha value is -1.71. The van der Waals surface area contributed by atoms with Gasteiger partial charge in [0.1, 0.15) is 0 Å². The maximum absolute atomic E-state index is 6.24. The van der Waals surface area contributed by atoms with Crippen molar-refractivity contribution in [2.45, 2.75) is 13.1 Å². The zero-order valence-corrected chi connectivity index (χ0v) is 11.2. The second-order valence-electron chi connectivity index (χ2n) is 4.50. The van der Waals surface area contributed by atoms with Crippen molar-refractivity contribution in [3.05, 3.63) is 59.6 Å². The molecule has 0 atom stereocenters. The van der Waals surface area contributed by atoms with Crippen LogP contribution in [0, 0.1) is 0 Å². The van der Waals surface area contributed by atoms with Crippen LogP contribution in [0.5, 0.6) is 0 Å². The van der Waals surface area contributed by atoms with Crippen molar-refractivity contribution in [2.75, 3.05) is 6.54 Å². The predicted octanol–water partition coefficient (Wildman–Crippen LogP) is 3.68. The highest BCUT2D eigenvalue weighted by atomic mass is 35.5. The van der Waals surface area contributed by atoms with Crippen LogP contribution in [0.3, 0.4) is 0 Å². The number of hydrogen-bond acceptors (Lipinski definition) is 2. The van der Waals surface area contributed by atoms with E-state index in [9.17, 15) is 0 Å². The number of fused-ring (bicyclic) bond motifs is 1. The fraction of sp³-hybridized carbons (Fsp3) is 0.200. The average molecular weight is 275 g/mol. The van der Waals surface area contributed by atoms with Gasteiger partial charge in [0.05, 0.1) is 23.1 Å². The summed E-state index contributed by atoms with van der Waals surface area (Å²) in [6, 6.07) is 10.0. The molecule has 0 bridgehead atoms. The van der Waals surface area contributed by atoms with Crippen LogP contribution in [0.1, 0.15) is 5.56 Å². The first-order valence-corrected chi connectivity index (χ1v) is 6.67. The number of benzene rings is 1. The molecule has 3 nitrogen and oxygen atoms in total. The molecule has 4 heteroatoms. The minimum atomic E-state index is 0.803. The highest BCUT2D eigenvalue weighted by molar-refractivity contribution is 6.35. The molecule has 98 valence electrons. The van der Waals surface area contributed by atoms with Crippen LogP contribution in [0.15, 0.2) is 53.5 Å². The second-order valence-corrected chi connectivity index (χ2v) is 4.90. The van der Waals surface area contributed by atoms with Gasteiger partial charge < -0.3 is 14.3 Å². The van der Waals surface area contributed by atoms with Gasteiger partial charge in [-0.3, -0.25) is 0 Å². The predicted molar refractivity (Wildman–Crippen MR) is 77.4 cm³/mol. The van der Waals surface area contributed by atoms with Gasteiger partial charge in [-0.05, 0) is 18.2 Å². The average Bonchev–Trinajstić information content (AvgIpc) is 3.05. The fourth-order valence-electron chi connectivity index (χ4n) is 2.23. The summed E-state index contributed by atoms with van der Waals surface area (Å²) in [5.74, 6) is 0. The number of halogens is 1. The Balaban J connectivity index is 1.62. The third-order valence-electron chi connectivity index (χ3n) is 3.18. The van der Waals surface area contributed by atoms with Crippen molar-refractivity contribution in [1.29, 1.82) is 0 Å². The van der Waals surface area contributed by atoms with Gasteiger partial charge in [-0.25, -0.2) is 0 Å². The number of nitrogens with one attached hydrogen (secondary N) is 1. The Kier molecular flexibility index (Phi) is 3.58. The molecule has 1 aromatic carbocycles. The minimum Gasteiger partial charge on any atom is -0.472 e. The molecule has 19 heavy (non-hydrogen) atoms. The van der Waals surface area contributed by atoms with Crippen LogP contribution < -0.4 is 5.32 Å². The van der Waals surface area contributed by atoms with Crippen molar-refractivity contribution in [3.63, 3.8) is 0 Å². The van der Waals surface area contributed by atoms with Gasteiger partial charge in [-0.1, -0.05) is 23.7 Å². The second kappa shape index (κ2) is 5.51. The molecule has 0 aliphatic carbocycles. The van der Waals surface area contributed by atoms with E-state index in [4.69, 9.17) is 16.0 Å². The smallest absolute Gasteiger partial charge is 0.0947 e. The standard InChI is InChI=1S/C15H15ClN2O/c16-14-3-1-2-13-4-7-18(15(13)14)8-6-17-10-12-5-9-19-11-12/h1-5,7,9,11,17H,6,8,10H2. The lowest BCUT2D eigenvalue weighted by Crippen LogP contribution is -2.18. The number of hydrogen-bond donors (Lipinski definition) is 1. The van der Waals surface area contributed by atoms with Crippen molar-refractivity contribution in [1.82, 2.24) is 9.88 Å². The third-order valence-corrected chi connectivity index (χ3v) is 3.48. The molecule has 0 saturated heterocycles. The summed E-state index contributed by atoms with van der Waals surface area (Å²) in [5, 5.41) is 5.37. The van der Waals surface area contributed by atoms with Crippen LogP contribution in [-0.2, 0) is 13.1 Å². The Morgan fingerprint density at radius 3 is 3.00 bits per heavy atom. The van der Waals surface area contributed by atoms with Crippen molar-refractivity contribution in [2.24, 2.45) is 0 Å². The molecule has 0 fully saturated rings. The summed E-state index contributed by atoms with van der Waals surface area (Å²) in [5.41, 5.74) is 2.27. The van der Waals surface area contributed by atoms with Crippen LogP contribution in [0.4, 0.5) is 0 Å². The van der Waals surface area contributed by atoms with Gasteiger partial charge in [-0.2, -0.15) is 0 Å². The van der Waals surface area contributed by atoms with Crippen LogP contribution >= 0.6 is 11.6 Å². The van der Waals surface area contributed by atoms with E-state index in [1.54, 1.807) is 12.5 Å². The Morgan fingerprint density at radius 1 is 1.21 bits per heavy atom. The Bertz CT molecular complexity index is 658. The Morgan fingerprint density at radius 2 is 2.16 bits per heavy atom. The molecule has 3 aromatic rings. The van der Waals surface area contributed by atoms with E-state index in [0.717, 1.165) is 35.7 Å². The zero-order valence-electron chi connectivity index (χ0n) is 10.5. The third kappa shape index (κ3) is 2.67. The molecule has 3 rings (SSSR count). The number of rotatable bonds is 5. The van der Waals surface area contributed by atoms with E-state index >= 15 is 0 Å². The molecule has 0 radical (unpaired) electrons. The number of aromatic nitrogens is 1. The molecule has 0 aliphatic rings. The molecule has 1 N–H and O–H groups in total. The van der Waals surface area contributed by atoms with Crippen LogP contribution in [0.25, 0.3) is 10.9 Å². The lowest BCUT2D eigenvalue weighted by atomic mass is 10.2. The molecule has 0 saturated carbocycles. The lowest BCUT2D eigenvalue weighted by Gasteiger charge is -2.07. The topological polar surface area (TPSA) is 30.1 Å². The summed E-state index contributed by atoms with van der Waals surface area (Å²) in [6.07, 6.45) is 5.53. The first kappa shape index (κ1) is 12.3. The van der Waals surface area contributed by atoms with Crippen LogP contribution in [0.2, 0.25) is 5.02 Å². The van der Waals surface area contributed by atoms with E-state index in [-0.39, 0.29) is 0 Å². The number of para-hydroxylation sites is 1. The van der Waals surface area contributed by atoms with Gasteiger partial charge in [0.15, 0.2) is 0 Å². The summed E-state index contributed by atoms with van der Waals surface area (Å²) in [7, 11) is 0. The zero-order chi connectivity index (χ0) is 13.1. The summed E-state index contributed by atoms with van der Waals surface area (Å²) < 4.78 is 7.21. The Labute approximate surface area is 116 Å². The van der Waals surface area contributed by atoms with Gasteiger partial charge in [0.25, 0.3) is 0 Å². The van der Waals surface area contributed by atoms with E-state index in [0.29, 0.717) is 0 Å². The molecular formula is C15H15ClN2O. The lowest BCUT2D eigenvalue weighted by molar-refractivity contribution is 0.557. The van der Waals surface area contributed by atoms with Crippen molar-refractivity contribution >= 4 is 22.5 Å². The molecule has 2 heterocycles. The summed E-state index contributed by atoms with van der Waals surface area (Å²) in [6.45, 7) is 2.61. The van der Waals surface area contributed by atoms with E-state index in [2.05, 4.69) is 28.2 Å². The highest BCUT2D eigenvalue weighted by Gasteiger charge is 2.04. The maximum Gasteiger partial charge on any atom is 0.0947 e. The molecular weight excluding hydrogens is 260 g/mol. The molecule has 0 aliphatic heterocycles. The monoisotopic (exact) mass is 274 g/mol. The first-order chi connectivity index (χ1) is 9.34. The van der Waals surface area contributed by atoms with Gasteiger partial charge in [-0.15, -0.1) is 0 Å². The molecule has 0 spiro atoms. The van der Waals surface area contributed by atoms with Gasteiger partial charge >= 0.3 is 0 Å². The number of furan rings is 1. The molecule has 2 aromatic heterocycles. The summed E-state index contributed by atoms with van der Waals surface area (Å²) >= 11 is 6.24. The normalized spacial score (nSPS) is 11.2. The van der Waals surface area contributed by atoms with E-state index in [1.165, 1.54) is 5.39 Å². The van der Waals surface area contributed by atoms with Crippen molar-refractivity contribution in [3.8, 4) is 0 Å². The maximum atomic E-state index is 6.24. The SMILES string of the molecule is Clc1cccc2ccn(CCNCc3ccoc3)c12. The highest BCUT2D eigenvalue weighted by Crippen LogP contribution is 2.24. The molecule has 0 amide bonds. The number of nitrogens with zero attached hydrogens (tertiary/aromatic N) is 1. The van der Waals surface area contributed by atoms with Crippen LogP contribution in [-0.4, -0.2) is 11.1 Å². The first-order valence-electron chi connectivity index (χ1n) is 6.30. The van der Waals surface area contributed by atoms with E-state index in [1.807, 2.05) is 18.2 Å². The fourth-order valence-corrected chi connectivity index (χ4v) is 2.52. The van der Waals surface area contributed by atoms with Crippen molar-refractivity contribution < 1.29 is 4.42 Å². The van der Waals surface area contributed by atoms with Gasteiger partial charge in [0, 0.05) is 36.8 Å². The van der Waals surface area contributed by atoms with Gasteiger partial charge in [0.2, 0.25) is 0 Å².